The van der Waals surface area contributed by atoms with E-state index in [2.05, 4.69) is 0 Å². The largest absolute Gasteiger partial charge is 0.457 e. The van der Waals surface area contributed by atoms with Gasteiger partial charge in [-0.25, -0.2) is 4.39 Å². The van der Waals surface area contributed by atoms with E-state index in [1.807, 2.05) is 18.4 Å². The van der Waals surface area contributed by atoms with E-state index in [1.54, 1.807) is 59.7 Å². The number of halogens is 1. The molecular weight excluding hydrogens is 337 g/mol. The van der Waals surface area contributed by atoms with Crippen LogP contribution >= 0.6 is 11.3 Å². The lowest BCUT2D eigenvalue weighted by Gasteiger charge is -2.14. The van der Waals surface area contributed by atoms with Crippen molar-refractivity contribution < 1.29 is 13.6 Å². The molecule has 1 aromatic carbocycles. The van der Waals surface area contributed by atoms with Crippen molar-refractivity contribution in [3.8, 4) is 11.3 Å². The smallest absolute Gasteiger partial charge is 0.246 e. The van der Waals surface area contributed by atoms with Crippen molar-refractivity contribution >= 4 is 23.3 Å². The number of benzene rings is 1. The molecule has 128 valence electrons. The first kappa shape index (κ1) is 17.2. The average molecular weight is 355 g/mol. The van der Waals surface area contributed by atoms with Gasteiger partial charge < -0.3 is 9.32 Å². The summed E-state index contributed by atoms with van der Waals surface area (Å²) < 4.78 is 19.4. The third-order valence-corrected chi connectivity index (χ3v) is 4.89. The number of hydrogen-bond donors (Lipinski definition) is 0. The summed E-state index contributed by atoms with van der Waals surface area (Å²) in [6, 6.07) is 11.9. The summed E-state index contributed by atoms with van der Waals surface area (Å²) in [5.41, 5.74) is 1.59. The Labute approximate surface area is 150 Å². The molecule has 0 spiro atoms. The van der Waals surface area contributed by atoms with Gasteiger partial charge in [0.1, 0.15) is 17.3 Å². The highest BCUT2D eigenvalue weighted by atomic mass is 32.1. The van der Waals surface area contributed by atoms with E-state index in [4.69, 9.17) is 4.42 Å². The maximum absolute atomic E-state index is 13.8. The van der Waals surface area contributed by atoms with Crippen LogP contribution in [0.25, 0.3) is 17.4 Å². The van der Waals surface area contributed by atoms with E-state index >= 15 is 0 Å². The highest BCUT2D eigenvalue weighted by Gasteiger charge is 2.10. The molecule has 0 N–H and O–H groups in total. The molecule has 0 saturated carbocycles. The summed E-state index contributed by atoms with van der Waals surface area (Å²) in [5.74, 6) is 0.492. The van der Waals surface area contributed by atoms with Crippen molar-refractivity contribution in [3.63, 3.8) is 0 Å². The van der Waals surface area contributed by atoms with Crippen LogP contribution in [0.1, 0.15) is 16.2 Å². The molecule has 0 aliphatic carbocycles. The summed E-state index contributed by atoms with van der Waals surface area (Å²) >= 11 is 1.64. The molecule has 5 heteroatoms. The molecule has 2 heterocycles. The van der Waals surface area contributed by atoms with Crippen molar-refractivity contribution in [1.29, 1.82) is 0 Å². The number of likely N-dealkylation sites (N-methyl/N-ethyl adjacent to an activating group) is 1. The number of amides is 1. The second-order valence-corrected chi connectivity index (χ2v) is 6.74. The maximum atomic E-state index is 13.8. The Morgan fingerprint density at radius 1 is 1.24 bits per heavy atom. The standard InChI is InChI=1S/C20H18FNO2S/c1-14-11-12-25-19(14)13-22(2)20(23)10-8-15-7-9-18(24-15)16-5-3-4-6-17(16)21/h3-12H,13H2,1-2H3/b10-8+. The lowest BCUT2D eigenvalue weighted by molar-refractivity contribution is -0.125. The second kappa shape index (κ2) is 7.49. The Morgan fingerprint density at radius 3 is 2.76 bits per heavy atom. The molecule has 25 heavy (non-hydrogen) atoms. The van der Waals surface area contributed by atoms with Gasteiger partial charge in [0.25, 0.3) is 0 Å². The van der Waals surface area contributed by atoms with E-state index < -0.39 is 0 Å². The fourth-order valence-electron chi connectivity index (χ4n) is 2.39. The number of carbonyl (C=O) groups excluding carboxylic acids is 1. The molecule has 2 aromatic heterocycles. The van der Waals surface area contributed by atoms with E-state index in [-0.39, 0.29) is 11.7 Å². The normalized spacial score (nSPS) is 11.2. The predicted octanol–water partition coefficient (Wildman–Crippen LogP) is 5.13. The third-order valence-electron chi connectivity index (χ3n) is 3.88. The molecule has 0 aliphatic rings. The zero-order valence-electron chi connectivity index (χ0n) is 14.0. The Balaban J connectivity index is 1.67. The Morgan fingerprint density at radius 2 is 2.04 bits per heavy atom. The van der Waals surface area contributed by atoms with Crippen LogP contribution in [0.4, 0.5) is 4.39 Å². The molecule has 3 aromatic rings. The van der Waals surface area contributed by atoms with Gasteiger partial charge in [-0.05, 0) is 54.3 Å². The van der Waals surface area contributed by atoms with Crippen LogP contribution in [-0.2, 0) is 11.3 Å². The molecule has 0 bridgehead atoms. The van der Waals surface area contributed by atoms with Gasteiger partial charge in [0.2, 0.25) is 5.91 Å². The van der Waals surface area contributed by atoms with Gasteiger partial charge in [-0.3, -0.25) is 4.79 Å². The van der Waals surface area contributed by atoms with Crippen molar-refractivity contribution in [2.24, 2.45) is 0 Å². The molecule has 0 fully saturated rings. The zero-order chi connectivity index (χ0) is 17.8. The van der Waals surface area contributed by atoms with Gasteiger partial charge in [-0.15, -0.1) is 11.3 Å². The van der Waals surface area contributed by atoms with Gasteiger partial charge in [-0.2, -0.15) is 0 Å². The van der Waals surface area contributed by atoms with Crippen LogP contribution in [0.5, 0.6) is 0 Å². The first-order chi connectivity index (χ1) is 12.0. The molecular formula is C20H18FNO2S. The lowest BCUT2D eigenvalue weighted by Crippen LogP contribution is -2.23. The van der Waals surface area contributed by atoms with Gasteiger partial charge in [0.15, 0.2) is 0 Å². The molecule has 3 rings (SSSR count). The molecule has 3 nitrogen and oxygen atoms in total. The summed E-state index contributed by atoms with van der Waals surface area (Å²) in [6.45, 7) is 2.61. The fourth-order valence-corrected chi connectivity index (χ4v) is 3.35. The van der Waals surface area contributed by atoms with Crippen LogP contribution in [-0.4, -0.2) is 17.9 Å². The highest BCUT2D eigenvalue weighted by Crippen LogP contribution is 2.25. The second-order valence-electron chi connectivity index (χ2n) is 5.74. The Hall–Kier alpha value is -2.66. The molecule has 0 unspecified atom stereocenters. The van der Waals surface area contributed by atoms with Crippen molar-refractivity contribution in [2.75, 3.05) is 7.05 Å². The quantitative estimate of drug-likeness (QED) is 0.595. The average Bonchev–Trinajstić information content (AvgIpc) is 3.22. The molecule has 0 radical (unpaired) electrons. The molecule has 0 saturated heterocycles. The third kappa shape index (κ3) is 4.06. The number of thiophene rings is 1. The summed E-state index contributed by atoms with van der Waals surface area (Å²) in [6.07, 6.45) is 3.07. The SMILES string of the molecule is Cc1ccsc1CN(C)C(=O)/C=C/c1ccc(-c2ccccc2F)o1. The number of furan rings is 1. The minimum atomic E-state index is -0.338. The number of carbonyl (C=O) groups is 1. The minimum absolute atomic E-state index is 0.114. The van der Waals surface area contributed by atoms with Crippen LogP contribution in [0.2, 0.25) is 0 Å². The van der Waals surface area contributed by atoms with E-state index in [9.17, 15) is 9.18 Å². The fraction of sp³-hybridized carbons (Fsp3) is 0.150. The predicted molar refractivity (Wildman–Crippen MR) is 98.7 cm³/mol. The number of hydrogen-bond acceptors (Lipinski definition) is 3. The summed E-state index contributed by atoms with van der Waals surface area (Å²) in [7, 11) is 1.76. The molecule has 0 aliphatic heterocycles. The van der Waals surface area contributed by atoms with E-state index in [0.717, 1.165) is 0 Å². The highest BCUT2D eigenvalue weighted by molar-refractivity contribution is 7.10. The van der Waals surface area contributed by atoms with Crippen LogP contribution in [0, 0.1) is 12.7 Å². The lowest BCUT2D eigenvalue weighted by atomic mass is 10.1. The van der Waals surface area contributed by atoms with Crippen LogP contribution < -0.4 is 0 Å². The minimum Gasteiger partial charge on any atom is -0.457 e. The van der Waals surface area contributed by atoms with Crippen LogP contribution in [0.3, 0.4) is 0 Å². The van der Waals surface area contributed by atoms with Gasteiger partial charge in [-0.1, -0.05) is 12.1 Å². The van der Waals surface area contributed by atoms with E-state index in [0.29, 0.717) is 23.6 Å². The summed E-state index contributed by atoms with van der Waals surface area (Å²) in [5, 5.41) is 2.02. The van der Waals surface area contributed by atoms with Crippen LogP contribution in [0.15, 0.2) is 58.3 Å². The summed E-state index contributed by atoms with van der Waals surface area (Å²) in [4.78, 5) is 15.0. The zero-order valence-corrected chi connectivity index (χ0v) is 14.8. The van der Waals surface area contributed by atoms with Crippen molar-refractivity contribution in [1.82, 2.24) is 4.90 Å². The number of nitrogens with zero attached hydrogens (tertiary/aromatic N) is 1. The maximum Gasteiger partial charge on any atom is 0.246 e. The Kier molecular flexibility index (Phi) is 5.14. The Bertz CT molecular complexity index is 910. The monoisotopic (exact) mass is 355 g/mol. The topological polar surface area (TPSA) is 33.5 Å². The molecule has 0 atom stereocenters. The number of rotatable bonds is 5. The first-order valence-corrected chi connectivity index (χ1v) is 8.73. The molecule has 1 amide bonds. The number of aryl methyl sites for hydroxylation is 1. The van der Waals surface area contributed by atoms with Crippen molar-refractivity contribution in [3.05, 3.63) is 75.9 Å². The van der Waals surface area contributed by atoms with Gasteiger partial charge >= 0.3 is 0 Å². The van der Waals surface area contributed by atoms with Crippen molar-refractivity contribution in [2.45, 2.75) is 13.5 Å². The first-order valence-electron chi connectivity index (χ1n) is 7.85. The van der Waals surface area contributed by atoms with E-state index in [1.165, 1.54) is 22.6 Å². The van der Waals surface area contributed by atoms with Gasteiger partial charge in [0.05, 0.1) is 12.1 Å². The van der Waals surface area contributed by atoms with Gasteiger partial charge in [0, 0.05) is 18.0 Å².